The highest BCUT2D eigenvalue weighted by Gasteiger charge is 2.17. The molecule has 0 radical (unpaired) electrons. The average molecular weight is 268 g/mol. The van der Waals surface area contributed by atoms with Crippen molar-refractivity contribution in [2.45, 2.75) is 19.5 Å². The van der Waals surface area contributed by atoms with E-state index in [0.717, 1.165) is 31.8 Å². The van der Waals surface area contributed by atoms with Gasteiger partial charge in [-0.1, -0.05) is 36.4 Å². The van der Waals surface area contributed by atoms with E-state index in [9.17, 15) is 0 Å². The number of fused-ring (bicyclic) bond motifs is 1. The molecule has 0 fully saturated rings. The number of hydrogen-bond acceptors (Lipinski definition) is 3. The normalized spacial score (nSPS) is 14.2. The number of nitrogens with zero attached hydrogens (tertiary/aromatic N) is 1. The van der Waals surface area contributed by atoms with E-state index in [-0.39, 0.29) is 0 Å². The zero-order valence-corrected chi connectivity index (χ0v) is 11.6. The monoisotopic (exact) mass is 268 g/mol. The molecule has 0 saturated carbocycles. The predicted molar refractivity (Wildman–Crippen MR) is 81.5 cm³/mol. The van der Waals surface area contributed by atoms with Crippen LogP contribution in [-0.4, -0.2) is 18.1 Å². The first kappa shape index (κ1) is 13.0. The van der Waals surface area contributed by atoms with Crippen LogP contribution in [0.5, 0.6) is 5.75 Å². The van der Waals surface area contributed by atoms with Gasteiger partial charge in [-0.25, -0.2) is 0 Å². The highest BCUT2D eigenvalue weighted by atomic mass is 16.5. The number of ether oxygens (including phenoxy) is 1. The van der Waals surface area contributed by atoms with Gasteiger partial charge in [0.1, 0.15) is 5.75 Å². The van der Waals surface area contributed by atoms with E-state index in [1.54, 1.807) is 0 Å². The molecule has 0 aromatic heterocycles. The maximum Gasteiger partial charge on any atom is 0.142 e. The number of benzene rings is 2. The Labute approximate surface area is 120 Å². The lowest BCUT2D eigenvalue weighted by atomic mass is 10.1. The van der Waals surface area contributed by atoms with Crippen LogP contribution in [0, 0.1) is 0 Å². The van der Waals surface area contributed by atoms with Crippen molar-refractivity contribution < 1.29 is 4.74 Å². The van der Waals surface area contributed by atoms with Crippen molar-refractivity contribution >= 4 is 5.69 Å². The number of hydrogen-bond donors (Lipinski definition) is 1. The highest BCUT2D eigenvalue weighted by Crippen LogP contribution is 2.23. The zero-order valence-electron chi connectivity index (χ0n) is 11.6. The third-order valence-corrected chi connectivity index (χ3v) is 3.70. The standard InChI is InChI=1S/C17H20N2O/c18-16-8-3-4-9-17(16)20-11-5-10-19-12-14-6-1-2-7-15(14)13-19/h1-4,6-9H,5,10-13,18H2. The molecule has 1 aliphatic rings. The zero-order chi connectivity index (χ0) is 13.8. The van der Waals surface area contributed by atoms with E-state index in [1.807, 2.05) is 24.3 Å². The van der Waals surface area contributed by atoms with Gasteiger partial charge in [0.05, 0.1) is 12.3 Å². The van der Waals surface area contributed by atoms with Gasteiger partial charge in [0.2, 0.25) is 0 Å². The number of para-hydroxylation sites is 2. The van der Waals surface area contributed by atoms with Crippen LogP contribution in [-0.2, 0) is 13.1 Å². The largest absolute Gasteiger partial charge is 0.491 e. The van der Waals surface area contributed by atoms with Crippen LogP contribution in [0.15, 0.2) is 48.5 Å². The molecular formula is C17H20N2O. The molecule has 0 unspecified atom stereocenters. The Bertz CT molecular complexity index is 558. The van der Waals surface area contributed by atoms with Gasteiger partial charge in [-0.15, -0.1) is 0 Å². The van der Waals surface area contributed by atoms with Crippen LogP contribution in [0.4, 0.5) is 5.69 Å². The lowest BCUT2D eigenvalue weighted by Crippen LogP contribution is -2.19. The van der Waals surface area contributed by atoms with E-state index >= 15 is 0 Å². The quantitative estimate of drug-likeness (QED) is 0.669. The van der Waals surface area contributed by atoms with Crippen molar-refractivity contribution in [1.82, 2.24) is 4.90 Å². The summed E-state index contributed by atoms with van der Waals surface area (Å²) in [7, 11) is 0. The van der Waals surface area contributed by atoms with Crippen molar-refractivity contribution in [3.05, 3.63) is 59.7 Å². The SMILES string of the molecule is Nc1ccccc1OCCCN1Cc2ccccc2C1. The van der Waals surface area contributed by atoms with Crippen molar-refractivity contribution in [2.75, 3.05) is 18.9 Å². The first-order chi connectivity index (χ1) is 9.83. The summed E-state index contributed by atoms with van der Waals surface area (Å²) in [4.78, 5) is 2.46. The first-order valence-corrected chi connectivity index (χ1v) is 7.09. The van der Waals surface area contributed by atoms with Gasteiger partial charge in [-0.2, -0.15) is 0 Å². The van der Waals surface area contributed by atoms with E-state index < -0.39 is 0 Å². The summed E-state index contributed by atoms with van der Waals surface area (Å²) in [5.41, 5.74) is 9.47. The average Bonchev–Trinajstić information content (AvgIpc) is 2.88. The molecule has 3 heteroatoms. The molecule has 3 rings (SSSR count). The van der Waals surface area contributed by atoms with Crippen LogP contribution >= 0.6 is 0 Å². The van der Waals surface area contributed by atoms with E-state index in [0.29, 0.717) is 12.3 Å². The maximum atomic E-state index is 5.85. The molecular weight excluding hydrogens is 248 g/mol. The second-order valence-corrected chi connectivity index (χ2v) is 5.22. The van der Waals surface area contributed by atoms with Gasteiger partial charge in [0.25, 0.3) is 0 Å². The number of anilines is 1. The van der Waals surface area contributed by atoms with Gasteiger partial charge in [0, 0.05) is 19.6 Å². The van der Waals surface area contributed by atoms with Crippen LogP contribution in [0.25, 0.3) is 0 Å². The van der Waals surface area contributed by atoms with Crippen LogP contribution in [0.3, 0.4) is 0 Å². The van der Waals surface area contributed by atoms with E-state index in [1.165, 1.54) is 11.1 Å². The fourth-order valence-electron chi connectivity index (χ4n) is 2.64. The van der Waals surface area contributed by atoms with Gasteiger partial charge >= 0.3 is 0 Å². The molecule has 0 atom stereocenters. The fraction of sp³-hybridized carbons (Fsp3) is 0.294. The third-order valence-electron chi connectivity index (χ3n) is 3.70. The minimum absolute atomic E-state index is 0.709. The molecule has 0 bridgehead atoms. The third kappa shape index (κ3) is 2.94. The summed E-state index contributed by atoms with van der Waals surface area (Å²) in [6.07, 6.45) is 1.02. The van der Waals surface area contributed by atoms with Crippen molar-refractivity contribution in [1.29, 1.82) is 0 Å². The van der Waals surface area contributed by atoms with Crippen molar-refractivity contribution in [3.8, 4) is 5.75 Å². The first-order valence-electron chi connectivity index (χ1n) is 7.09. The van der Waals surface area contributed by atoms with Crippen LogP contribution in [0.2, 0.25) is 0 Å². The molecule has 2 aromatic rings. The minimum atomic E-state index is 0.709. The van der Waals surface area contributed by atoms with E-state index in [2.05, 4.69) is 29.2 Å². The molecule has 2 aromatic carbocycles. The summed E-state index contributed by atoms with van der Waals surface area (Å²) in [6.45, 7) is 3.88. The Balaban J connectivity index is 1.43. The Kier molecular flexibility index (Phi) is 3.88. The Hall–Kier alpha value is -2.00. The van der Waals surface area contributed by atoms with Gasteiger partial charge in [-0.3, -0.25) is 4.90 Å². The summed E-state index contributed by atoms with van der Waals surface area (Å²) >= 11 is 0. The van der Waals surface area contributed by atoms with Crippen LogP contribution in [0.1, 0.15) is 17.5 Å². The number of nitrogen functional groups attached to an aromatic ring is 1. The molecule has 0 aliphatic carbocycles. The molecule has 3 nitrogen and oxygen atoms in total. The summed E-state index contributed by atoms with van der Waals surface area (Å²) in [5.74, 6) is 0.789. The van der Waals surface area contributed by atoms with Gasteiger partial charge < -0.3 is 10.5 Å². The molecule has 0 saturated heterocycles. The van der Waals surface area contributed by atoms with Crippen LogP contribution < -0.4 is 10.5 Å². The number of nitrogens with two attached hydrogens (primary N) is 1. The van der Waals surface area contributed by atoms with Crippen molar-refractivity contribution in [2.24, 2.45) is 0 Å². The second kappa shape index (κ2) is 5.97. The highest BCUT2D eigenvalue weighted by molar-refractivity contribution is 5.51. The fourth-order valence-corrected chi connectivity index (χ4v) is 2.64. The van der Waals surface area contributed by atoms with E-state index in [4.69, 9.17) is 10.5 Å². The maximum absolute atomic E-state index is 5.85. The predicted octanol–water partition coefficient (Wildman–Crippen LogP) is 3.05. The summed E-state index contributed by atoms with van der Waals surface area (Å²) in [6, 6.07) is 16.3. The molecule has 2 N–H and O–H groups in total. The molecule has 0 spiro atoms. The smallest absolute Gasteiger partial charge is 0.142 e. The molecule has 1 aliphatic heterocycles. The lowest BCUT2D eigenvalue weighted by molar-refractivity contribution is 0.238. The minimum Gasteiger partial charge on any atom is -0.491 e. The van der Waals surface area contributed by atoms with Crippen molar-refractivity contribution in [3.63, 3.8) is 0 Å². The Morgan fingerprint density at radius 2 is 1.60 bits per heavy atom. The molecule has 1 heterocycles. The Morgan fingerprint density at radius 3 is 2.30 bits per heavy atom. The number of rotatable bonds is 5. The lowest BCUT2D eigenvalue weighted by Gasteiger charge is -2.15. The molecule has 0 amide bonds. The van der Waals surface area contributed by atoms with Gasteiger partial charge in [-0.05, 0) is 29.7 Å². The molecule has 20 heavy (non-hydrogen) atoms. The molecule has 104 valence electrons. The topological polar surface area (TPSA) is 38.5 Å². The Morgan fingerprint density at radius 1 is 0.950 bits per heavy atom. The van der Waals surface area contributed by atoms with Gasteiger partial charge in [0.15, 0.2) is 0 Å². The summed E-state index contributed by atoms with van der Waals surface area (Å²) < 4.78 is 5.72. The summed E-state index contributed by atoms with van der Waals surface area (Å²) in [5, 5.41) is 0. The second-order valence-electron chi connectivity index (χ2n) is 5.22.